The Hall–Kier alpha value is -0.420. The van der Waals surface area contributed by atoms with Gasteiger partial charge in [-0.3, -0.25) is 4.99 Å². The van der Waals surface area contributed by atoms with Crippen molar-refractivity contribution in [2.24, 2.45) is 10.9 Å². The van der Waals surface area contributed by atoms with Crippen molar-refractivity contribution in [3.05, 3.63) is 0 Å². The second kappa shape index (κ2) is 10.4. The summed E-state index contributed by atoms with van der Waals surface area (Å²) in [5.74, 6) is 3.23. The van der Waals surface area contributed by atoms with E-state index >= 15 is 0 Å². The molecule has 0 saturated carbocycles. The molecule has 0 aromatic carbocycles. The van der Waals surface area contributed by atoms with Gasteiger partial charge in [0.25, 0.3) is 0 Å². The summed E-state index contributed by atoms with van der Waals surface area (Å²) in [6.07, 6.45) is 6.71. The van der Waals surface area contributed by atoms with E-state index in [1.165, 1.54) is 57.5 Å². The lowest BCUT2D eigenvalue weighted by molar-refractivity contribution is 0.187. The largest absolute Gasteiger partial charge is 0.357 e. The number of hydrogen-bond acceptors (Lipinski definition) is 3. The van der Waals surface area contributed by atoms with Crippen molar-refractivity contribution in [2.45, 2.75) is 51.2 Å². The predicted octanol–water partition coefficient (Wildman–Crippen LogP) is 2.56. The zero-order valence-electron chi connectivity index (χ0n) is 14.4. The van der Waals surface area contributed by atoms with Gasteiger partial charge >= 0.3 is 0 Å². The maximum absolute atomic E-state index is 4.77. The fourth-order valence-corrected chi connectivity index (χ4v) is 4.49. The molecule has 4 nitrogen and oxygen atoms in total. The molecule has 0 aromatic rings. The van der Waals surface area contributed by atoms with E-state index in [1.807, 2.05) is 0 Å². The minimum Gasteiger partial charge on any atom is -0.357 e. The molecule has 1 atom stereocenters. The van der Waals surface area contributed by atoms with Crippen molar-refractivity contribution in [3.8, 4) is 0 Å². The van der Waals surface area contributed by atoms with Crippen molar-refractivity contribution < 1.29 is 0 Å². The van der Waals surface area contributed by atoms with Crippen LogP contribution in [0.5, 0.6) is 0 Å². The Morgan fingerprint density at radius 3 is 2.64 bits per heavy atom. The molecule has 2 N–H and O–H groups in total. The fourth-order valence-electron chi connectivity index (χ4n) is 3.31. The molecule has 22 heavy (non-hydrogen) atoms. The Balaban J connectivity index is 1.64. The van der Waals surface area contributed by atoms with Gasteiger partial charge in [0.15, 0.2) is 5.96 Å². The smallest absolute Gasteiger partial charge is 0.191 e. The number of likely N-dealkylation sites (tertiary alicyclic amines) is 1. The topological polar surface area (TPSA) is 39.7 Å². The van der Waals surface area contributed by atoms with Crippen LogP contribution < -0.4 is 10.6 Å². The van der Waals surface area contributed by atoms with Crippen molar-refractivity contribution in [2.75, 3.05) is 45.0 Å². The number of aliphatic imine (C=N–C) groups is 1. The van der Waals surface area contributed by atoms with Gasteiger partial charge in [0, 0.05) is 18.3 Å². The molecule has 0 radical (unpaired) electrons. The highest BCUT2D eigenvalue weighted by Crippen LogP contribution is 2.26. The van der Waals surface area contributed by atoms with Crippen LogP contribution in [0, 0.1) is 5.92 Å². The molecule has 2 saturated heterocycles. The van der Waals surface area contributed by atoms with Crippen molar-refractivity contribution in [1.29, 1.82) is 0 Å². The first-order chi connectivity index (χ1) is 10.8. The van der Waals surface area contributed by atoms with Crippen LogP contribution in [0.3, 0.4) is 0 Å². The quantitative estimate of drug-likeness (QED) is 0.557. The molecule has 0 amide bonds. The van der Waals surface area contributed by atoms with E-state index in [0.717, 1.165) is 36.8 Å². The highest BCUT2D eigenvalue weighted by atomic mass is 32.2. The molecule has 0 aromatic heterocycles. The minimum absolute atomic E-state index is 0.744. The third-order valence-electron chi connectivity index (χ3n) is 4.82. The van der Waals surface area contributed by atoms with Gasteiger partial charge in [-0.2, -0.15) is 11.8 Å². The zero-order valence-corrected chi connectivity index (χ0v) is 15.3. The maximum atomic E-state index is 4.77. The number of piperidine rings is 1. The van der Waals surface area contributed by atoms with Crippen LogP contribution in [-0.2, 0) is 0 Å². The number of thioether (sulfide) groups is 1. The molecule has 1 unspecified atom stereocenters. The van der Waals surface area contributed by atoms with Crippen molar-refractivity contribution in [1.82, 2.24) is 15.5 Å². The number of nitrogens with zero attached hydrogens (tertiary/aromatic N) is 2. The van der Waals surface area contributed by atoms with Crippen LogP contribution in [0.1, 0.15) is 46.0 Å². The van der Waals surface area contributed by atoms with E-state index in [0.29, 0.717) is 0 Å². The molecule has 2 fully saturated rings. The Labute approximate surface area is 140 Å². The van der Waals surface area contributed by atoms with E-state index in [1.54, 1.807) is 0 Å². The number of rotatable bonds is 7. The summed E-state index contributed by atoms with van der Waals surface area (Å²) >= 11 is 2.08. The Morgan fingerprint density at radius 1 is 1.18 bits per heavy atom. The molecule has 2 aliphatic heterocycles. The average molecular weight is 327 g/mol. The summed E-state index contributed by atoms with van der Waals surface area (Å²) in [7, 11) is 0. The molecule has 0 spiro atoms. The molecular weight excluding hydrogens is 292 g/mol. The van der Waals surface area contributed by atoms with Crippen LogP contribution in [0.15, 0.2) is 4.99 Å². The van der Waals surface area contributed by atoms with Gasteiger partial charge in [0.2, 0.25) is 0 Å². The molecule has 0 aliphatic carbocycles. The number of guanidine groups is 1. The van der Waals surface area contributed by atoms with Crippen molar-refractivity contribution in [3.63, 3.8) is 0 Å². The molecule has 2 rings (SSSR count). The van der Waals surface area contributed by atoms with E-state index in [2.05, 4.69) is 41.1 Å². The van der Waals surface area contributed by atoms with Gasteiger partial charge < -0.3 is 15.5 Å². The van der Waals surface area contributed by atoms with E-state index in [9.17, 15) is 0 Å². The minimum atomic E-state index is 0.744. The van der Waals surface area contributed by atoms with E-state index in [4.69, 9.17) is 4.99 Å². The normalized spacial score (nSPS) is 24.6. The third kappa shape index (κ3) is 6.37. The van der Waals surface area contributed by atoms with E-state index in [-0.39, 0.29) is 0 Å². The Kier molecular flexibility index (Phi) is 8.45. The predicted molar refractivity (Wildman–Crippen MR) is 98.9 cm³/mol. The molecule has 0 bridgehead atoms. The summed E-state index contributed by atoms with van der Waals surface area (Å²) in [6, 6.07) is 0. The van der Waals surface area contributed by atoms with Gasteiger partial charge in [-0.25, -0.2) is 0 Å². The SMILES string of the molecule is CCNC(=NCC1CCCS1)NCCC1CCN(CC)CC1. The second-order valence-electron chi connectivity index (χ2n) is 6.45. The molecular formula is C17H34N4S. The molecule has 2 aliphatic rings. The lowest BCUT2D eigenvalue weighted by atomic mass is 9.93. The second-order valence-corrected chi connectivity index (χ2v) is 7.86. The van der Waals surface area contributed by atoms with E-state index < -0.39 is 0 Å². The van der Waals surface area contributed by atoms with Gasteiger partial charge in [-0.1, -0.05) is 6.92 Å². The fraction of sp³-hybridized carbons (Fsp3) is 0.941. The summed E-state index contributed by atoms with van der Waals surface area (Å²) in [5.41, 5.74) is 0. The first-order valence-electron chi connectivity index (χ1n) is 9.18. The molecule has 128 valence electrons. The van der Waals surface area contributed by atoms with Crippen LogP contribution >= 0.6 is 11.8 Å². The molecule has 5 heteroatoms. The van der Waals surface area contributed by atoms with Crippen LogP contribution in [0.4, 0.5) is 0 Å². The lowest BCUT2D eigenvalue weighted by Crippen LogP contribution is -2.39. The summed E-state index contributed by atoms with van der Waals surface area (Å²) in [4.78, 5) is 7.33. The summed E-state index contributed by atoms with van der Waals surface area (Å²) < 4.78 is 0. The standard InChI is InChI=1S/C17H34N4S/c1-3-18-17(20-14-16-6-5-13-22-16)19-10-7-15-8-11-21(4-2)12-9-15/h15-16H,3-14H2,1-2H3,(H2,18,19,20). The first kappa shape index (κ1) is 17.9. The number of nitrogens with one attached hydrogen (secondary N) is 2. The van der Waals surface area contributed by atoms with Crippen LogP contribution in [0.25, 0.3) is 0 Å². The third-order valence-corrected chi connectivity index (χ3v) is 6.20. The van der Waals surface area contributed by atoms with Crippen LogP contribution in [0.2, 0.25) is 0 Å². The van der Waals surface area contributed by atoms with Crippen LogP contribution in [-0.4, -0.2) is 61.1 Å². The van der Waals surface area contributed by atoms with Gasteiger partial charge in [-0.05, 0) is 70.3 Å². The Morgan fingerprint density at radius 2 is 2.00 bits per heavy atom. The number of hydrogen-bond donors (Lipinski definition) is 2. The molecule has 2 heterocycles. The van der Waals surface area contributed by atoms with Gasteiger partial charge in [-0.15, -0.1) is 0 Å². The van der Waals surface area contributed by atoms with Crippen molar-refractivity contribution >= 4 is 17.7 Å². The average Bonchev–Trinajstić information content (AvgIpc) is 3.06. The monoisotopic (exact) mass is 326 g/mol. The van der Waals surface area contributed by atoms with Gasteiger partial charge in [0.1, 0.15) is 0 Å². The first-order valence-corrected chi connectivity index (χ1v) is 10.2. The summed E-state index contributed by atoms with van der Waals surface area (Å²) in [6.45, 7) is 11.2. The zero-order chi connectivity index (χ0) is 15.6. The Bertz CT molecular complexity index is 321. The van der Waals surface area contributed by atoms with Gasteiger partial charge in [0.05, 0.1) is 6.54 Å². The summed E-state index contributed by atoms with van der Waals surface area (Å²) in [5, 5.41) is 7.66. The lowest BCUT2D eigenvalue weighted by Gasteiger charge is -2.31. The highest BCUT2D eigenvalue weighted by molar-refractivity contribution is 8.00. The maximum Gasteiger partial charge on any atom is 0.191 e. The highest BCUT2D eigenvalue weighted by Gasteiger charge is 2.18.